The molecule has 0 bridgehead atoms. The second-order valence-electron chi connectivity index (χ2n) is 14.0. The van der Waals surface area contributed by atoms with Crippen LogP contribution in [-0.2, 0) is 27.2 Å². The zero-order chi connectivity index (χ0) is 37.0. The van der Waals surface area contributed by atoms with Crippen LogP contribution in [0.2, 0.25) is 0 Å². The quantitative estimate of drug-likeness (QED) is 0.155. The summed E-state index contributed by atoms with van der Waals surface area (Å²) in [4.78, 5) is 60.8. The summed E-state index contributed by atoms with van der Waals surface area (Å²) in [6.07, 6.45) is 5.38. The van der Waals surface area contributed by atoms with E-state index in [9.17, 15) is 24.3 Å². The second-order valence-corrected chi connectivity index (χ2v) is 15.0. The summed E-state index contributed by atoms with van der Waals surface area (Å²) < 4.78 is 5.24. The lowest BCUT2D eigenvalue weighted by molar-refractivity contribution is -0.142. The number of aliphatic carboxylic acids is 1. The van der Waals surface area contributed by atoms with Crippen LogP contribution >= 0.6 is 11.3 Å². The third kappa shape index (κ3) is 11.5. The molecule has 50 heavy (non-hydrogen) atoms. The Kier molecular flexibility index (Phi) is 16.1. The molecule has 2 aromatic rings. The maximum atomic E-state index is 14.1. The lowest BCUT2D eigenvalue weighted by atomic mass is 9.93. The minimum absolute atomic E-state index is 0.0176. The zero-order valence-corrected chi connectivity index (χ0v) is 31.6. The fourth-order valence-corrected chi connectivity index (χ4v) is 7.38. The molecule has 1 saturated heterocycles. The summed E-state index contributed by atoms with van der Waals surface area (Å²) in [5, 5.41) is 18.1. The number of carbonyl (C=O) groups is 4. The van der Waals surface area contributed by atoms with Gasteiger partial charge in [-0.3, -0.25) is 24.1 Å². The number of thiazole rings is 1. The average Bonchev–Trinajstić information content (AvgIpc) is 3.58. The van der Waals surface area contributed by atoms with E-state index in [2.05, 4.69) is 34.4 Å². The summed E-state index contributed by atoms with van der Waals surface area (Å²) >= 11 is 1.38. The maximum Gasteiger partial charge on any atom is 0.306 e. The van der Waals surface area contributed by atoms with Crippen molar-refractivity contribution in [3.8, 4) is 5.75 Å². The number of likely N-dealkylation sites (N-methyl/N-ethyl adjacent to an activating group) is 1. The van der Waals surface area contributed by atoms with Crippen LogP contribution in [0.1, 0.15) is 94.2 Å². The molecule has 0 aliphatic carbocycles. The number of ether oxygens (including phenoxy) is 1. The first-order valence-corrected chi connectivity index (χ1v) is 18.8. The van der Waals surface area contributed by atoms with Crippen LogP contribution in [0.25, 0.3) is 0 Å². The van der Waals surface area contributed by atoms with Crippen molar-refractivity contribution in [1.82, 2.24) is 25.4 Å². The number of hydrogen-bond donors (Lipinski definition) is 4. The number of piperidine rings is 1. The molecule has 12 nitrogen and oxygen atoms in total. The highest BCUT2D eigenvalue weighted by molar-refractivity contribution is 7.09. The topological polar surface area (TPSA) is 167 Å². The summed E-state index contributed by atoms with van der Waals surface area (Å²) in [5.41, 5.74) is 7.46. The number of carboxylic acids is 1. The molecule has 6 atom stereocenters. The van der Waals surface area contributed by atoms with Crippen LogP contribution in [0, 0.1) is 17.8 Å². The predicted octanol–water partition coefficient (Wildman–Crippen LogP) is 4.32. The Hall–Kier alpha value is -3.55. The van der Waals surface area contributed by atoms with E-state index in [0.29, 0.717) is 25.0 Å². The van der Waals surface area contributed by atoms with Crippen molar-refractivity contribution in [2.24, 2.45) is 23.5 Å². The van der Waals surface area contributed by atoms with Gasteiger partial charge in [0.05, 0.1) is 30.7 Å². The minimum atomic E-state index is -0.922. The van der Waals surface area contributed by atoms with Crippen LogP contribution in [0.5, 0.6) is 5.75 Å². The number of aromatic nitrogens is 1. The lowest BCUT2D eigenvalue weighted by Crippen LogP contribution is -2.59. The Morgan fingerprint density at radius 3 is 2.40 bits per heavy atom. The summed E-state index contributed by atoms with van der Waals surface area (Å²) in [6.45, 7) is 10.6. The minimum Gasteiger partial charge on any atom is -0.497 e. The molecular weight excluding hydrogens is 657 g/mol. The number of hydrogen-bond acceptors (Lipinski definition) is 9. The average molecular weight is 715 g/mol. The molecule has 5 N–H and O–H groups in total. The molecular formula is C37H58N6O6S. The second kappa shape index (κ2) is 19.7. The molecule has 6 unspecified atom stereocenters. The number of aryl methyl sites for hydroxylation is 1. The van der Waals surface area contributed by atoms with Gasteiger partial charge in [0.15, 0.2) is 0 Å². The first-order valence-electron chi connectivity index (χ1n) is 17.9. The molecule has 0 radical (unpaired) electrons. The highest BCUT2D eigenvalue weighted by Crippen LogP contribution is 2.23. The first-order chi connectivity index (χ1) is 23.8. The van der Waals surface area contributed by atoms with E-state index in [4.69, 9.17) is 10.5 Å². The summed E-state index contributed by atoms with van der Waals surface area (Å²) in [7, 11) is 3.55. The van der Waals surface area contributed by atoms with E-state index in [1.54, 1.807) is 24.3 Å². The SMILES string of the molecule is CCC(C)C(NC(=O)C1CCCCN1C)C(=O)N(CN)C(CCc1nc(C(=O)NC(Cc2ccc(OC)cc2)CC(C)C(=O)O)cs1)C(C)C. The van der Waals surface area contributed by atoms with Crippen LogP contribution < -0.4 is 21.1 Å². The highest BCUT2D eigenvalue weighted by atomic mass is 32.1. The van der Waals surface area contributed by atoms with Gasteiger partial charge in [0, 0.05) is 23.9 Å². The van der Waals surface area contributed by atoms with Crippen LogP contribution in [0.4, 0.5) is 0 Å². The number of carboxylic acid groups (broad SMARTS) is 1. The van der Waals surface area contributed by atoms with Crippen molar-refractivity contribution >= 4 is 35.0 Å². The number of nitrogens with zero attached hydrogens (tertiary/aromatic N) is 3. The number of carbonyl (C=O) groups excluding carboxylic acids is 3. The van der Waals surface area contributed by atoms with Crippen molar-refractivity contribution in [3.05, 3.63) is 45.9 Å². The number of likely N-dealkylation sites (tertiary alicyclic amines) is 1. The third-order valence-corrected chi connectivity index (χ3v) is 10.9. The van der Waals surface area contributed by atoms with Crippen LogP contribution in [0.15, 0.2) is 29.6 Å². The number of nitrogens with one attached hydrogen (secondary N) is 2. The van der Waals surface area contributed by atoms with Crippen molar-refractivity contribution in [2.75, 3.05) is 27.4 Å². The van der Waals surface area contributed by atoms with Crippen molar-refractivity contribution in [3.63, 3.8) is 0 Å². The molecule has 1 aliphatic rings. The number of rotatable bonds is 19. The predicted molar refractivity (Wildman–Crippen MR) is 196 cm³/mol. The standard InChI is InChI=1S/C37H58N6O6S/c1-8-24(4)33(41-35(45)31-11-9-10-18-42(31)6)36(46)43(22-38)30(23(2)3)16-17-32-40-29(21-50-32)34(44)39-27(19-25(5)37(47)48)20-26-12-14-28(49-7)15-13-26/h12-15,21,23-25,27,30-31,33H,8-11,16-20,22,38H2,1-7H3,(H,39,44)(H,41,45)(H,47,48). The number of benzene rings is 1. The van der Waals surface area contributed by atoms with Crippen molar-refractivity contribution in [1.29, 1.82) is 0 Å². The van der Waals surface area contributed by atoms with Gasteiger partial charge in [-0.1, -0.05) is 59.6 Å². The summed E-state index contributed by atoms with van der Waals surface area (Å²) in [6, 6.07) is 5.92. The highest BCUT2D eigenvalue weighted by Gasteiger charge is 2.36. The number of nitrogens with two attached hydrogens (primary N) is 1. The van der Waals surface area contributed by atoms with Crippen molar-refractivity contribution < 1.29 is 29.0 Å². The van der Waals surface area contributed by atoms with Gasteiger partial charge in [0.1, 0.15) is 17.5 Å². The van der Waals surface area contributed by atoms with Gasteiger partial charge in [-0.25, -0.2) is 4.98 Å². The fraction of sp³-hybridized carbons (Fsp3) is 0.649. The Balaban J connectivity index is 1.70. The van der Waals surface area contributed by atoms with Crippen LogP contribution in [0.3, 0.4) is 0 Å². The molecule has 0 spiro atoms. The van der Waals surface area contributed by atoms with E-state index >= 15 is 0 Å². The number of amides is 3. The molecule has 1 aromatic carbocycles. The van der Waals surface area contributed by atoms with Crippen LogP contribution in [-0.4, -0.2) is 95.1 Å². The molecule has 2 heterocycles. The first kappa shape index (κ1) is 40.9. The van der Waals surface area contributed by atoms with Gasteiger partial charge >= 0.3 is 5.97 Å². The molecule has 1 fully saturated rings. The van der Waals surface area contributed by atoms with Gasteiger partial charge in [-0.15, -0.1) is 11.3 Å². The molecule has 278 valence electrons. The van der Waals surface area contributed by atoms with Gasteiger partial charge < -0.3 is 31.1 Å². The molecule has 13 heteroatoms. The fourth-order valence-electron chi connectivity index (χ4n) is 6.58. The Bertz CT molecular complexity index is 1400. The van der Waals surface area contributed by atoms with Crippen molar-refractivity contribution in [2.45, 2.75) is 110 Å². The normalized spacial score (nSPS) is 18.1. The monoisotopic (exact) mass is 714 g/mol. The molecule has 0 saturated carbocycles. The Morgan fingerprint density at radius 1 is 1.12 bits per heavy atom. The summed E-state index contributed by atoms with van der Waals surface area (Å²) in [5.74, 6) is -1.49. The van der Waals surface area contributed by atoms with Gasteiger partial charge in [-0.05, 0) is 75.2 Å². The van der Waals surface area contributed by atoms with E-state index < -0.39 is 24.0 Å². The molecule has 3 rings (SSSR count). The largest absolute Gasteiger partial charge is 0.497 e. The third-order valence-electron chi connectivity index (χ3n) is 9.97. The van der Waals surface area contributed by atoms with E-state index in [1.165, 1.54) is 11.3 Å². The van der Waals surface area contributed by atoms with Gasteiger partial charge in [0.25, 0.3) is 5.91 Å². The smallest absolute Gasteiger partial charge is 0.306 e. The molecule has 1 aromatic heterocycles. The van der Waals surface area contributed by atoms with E-state index in [1.807, 2.05) is 45.2 Å². The van der Waals surface area contributed by atoms with E-state index in [-0.39, 0.29) is 60.4 Å². The molecule has 1 aliphatic heterocycles. The Morgan fingerprint density at radius 2 is 1.82 bits per heavy atom. The zero-order valence-electron chi connectivity index (χ0n) is 30.8. The van der Waals surface area contributed by atoms with Gasteiger partial charge in [-0.2, -0.15) is 0 Å². The maximum absolute atomic E-state index is 14.1. The number of methoxy groups -OCH3 is 1. The Labute approximate surface area is 301 Å². The van der Waals surface area contributed by atoms with E-state index in [0.717, 1.165) is 42.8 Å². The molecule has 3 amide bonds. The lowest BCUT2D eigenvalue weighted by Gasteiger charge is -2.38. The van der Waals surface area contributed by atoms with Gasteiger partial charge in [0.2, 0.25) is 11.8 Å².